The highest BCUT2D eigenvalue weighted by atomic mass is 79.9. The van der Waals surface area contributed by atoms with Gasteiger partial charge in [-0.2, -0.15) is 0 Å². The summed E-state index contributed by atoms with van der Waals surface area (Å²) in [6.07, 6.45) is 8.34. The number of hydrogen-bond donors (Lipinski definition) is 0. The van der Waals surface area contributed by atoms with Gasteiger partial charge in [-0.05, 0) is 67.6 Å². The monoisotopic (exact) mass is 458 g/mol. The molecule has 2 unspecified atom stereocenters. The molecular weight excluding hydrogens is 428 g/mol. The molecule has 156 valence electrons. The van der Waals surface area contributed by atoms with Crippen molar-refractivity contribution in [2.24, 2.45) is 17.3 Å². The van der Waals surface area contributed by atoms with Gasteiger partial charge in [-0.3, -0.25) is 9.69 Å². The fourth-order valence-electron chi connectivity index (χ4n) is 7.44. The molecule has 1 aromatic carbocycles. The van der Waals surface area contributed by atoms with Crippen LogP contribution in [0.5, 0.6) is 5.75 Å². The van der Waals surface area contributed by atoms with Gasteiger partial charge in [0.2, 0.25) is 5.91 Å². The lowest BCUT2D eigenvalue weighted by molar-refractivity contribution is -0.157. The van der Waals surface area contributed by atoms with Crippen LogP contribution in [-0.4, -0.2) is 52.8 Å². The van der Waals surface area contributed by atoms with Gasteiger partial charge in [0.25, 0.3) is 0 Å². The zero-order valence-electron chi connectivity index (χ0n) is 17.2. The second-order valence-corrected chi connectivity index (χ2v) is 12.2. The van der Waals surface area contributed by atoms with Crippen molar-refractivity contribution < 1.29 is 9.53 Å². The van der Waals surface area contributed by atoms with Crippen LogP contribution in [0.25, 0.3) is 0 Å². The third kappa shape index (κ3) is 3.23. The summed E-state index contributed by atoms with van der Waals surface area (Å²) >= 11 is 4.06. The molecule has 4 aliphatic carbocycles. The van der Waals surface area contributed by atoms with Gasteiger partial charge >= 0.3 is 0 Å². The summed E-state index contributed by atoms with van der Waals surface area (Å²) in [5, 5.41) is 0. The second-order valence-electron chi connectivity index (χ2n) is 10.5. The van der Waals surface area contributed by atoms with Crippen molar-refractivity contribution in [1.82, 2.24) is 9.80 Å². The fraction of sp³-hybridized carbons (Fsp3) is 0.708. The quantitative estimate of drug-likeness (QED) is 0.641. The number of carbonyl (C=O) groups excluding carboxylic acids is 1. The molecular formula is C24H31BrN2O2. The molecule has 2 heterocycles. The van der Waals surface area contributed by atoms with E-state index in [2.05, 4.69) is 43.9 Å². The topological polar surface area (TPSA) is 32.8 Å². The van der Waals surface area contributed by atoms with E-state index in [0.29, 0.717) is 5.91 Å². The maximum absolute atomic E-state index is 13.7. The van der Waals surface area contributed by atoms with Crippen molar-refractivity contribution in [3.8, 4) is 5.75 Å². The number of nitrogens with zero attached hydrogens (tertiary/aromatic N) is 2. The number of rotatable bonds is 3. The number of ether oxygens (including phenoxy) is 1. The van der Waals surface area contributed by atoms with Gasteiger partial charge in [0.15, 0.2) is 0 Å². The van der Waals surface area contributed by atoms with Gasteiger partial charge in [-0.15, -0.1) is 0 Å². The molecule has 2 aliphatic heterocycles. The highest BCUT2D eigenvalue weighted by Gasteiger charge is 2.60. The number of carbonyl (C=O) groups is 1. The average molecular weight is 459 g/mol. The molecule has 2 atom stereocenters. The number of amides is 1. The molecule has 0 aromatic heterocycles. The van der Waals surface area contributed by atoms with Crippen LogP contribution in [0.1, 0.15) is 49.7 Å². The molecule has 5 heteroatoms. The smallest absolute Gasteiger partial charge is 0.228 e. The van der Waals surface area contributed by atoms with E-state index in [-0.39, 0.29) is 9.74 Å². The van der Waals surface area contributed by atoms with Crippen molar-refractivity contribution in [2.75, 3.05) is 32.8 Å². The van der Waals surface area contributed by atoms with Crippen molar-refractivity contribution >= 4 is 21.8 Å². The molecule has 0 N–H and O–H groups in total. The van der Waals surface area contributed by atoms with Gasteiger partial charge in [0.1, 0.15) is 5.75 Å². The average Bonchev–Trinajstić information content (AvgIpc) is 3.14. The zero-order valence-corrected chi connectivity index (χ0v) is 18.8. The van der Waals surface area contributed by atoms with Crippen LogP contribution in [0.15, 0.2) is 18.2 Å². The first-order valence-electron chi connectivity index (χ1n) is 11.5. The molecule has 7 rings (SSSR count). The van der Waals surface area contributed by atoms with E-state index in [4.69, 9.17) is 4.74 Å². The maximum Gasteiger partial charge on any atom is 0.228 e. The first-order chi connectivity index (χ1) is 14.0. The molecule has 6 aliphatic rings. The van der Waals surface area contributed by atoms with Crippen LogP contribution in [0.2, 0.25) is 0 Å². The predicted octanol–water partition coefficient (Wildman–Crippen LogP) is 4.00. The van der Waals surface area contributed by atoms with E-state index in [0.717, 1.165) is 82.6 Å². The normalized spacial score (nSPS) is 38.2. The molecule has 1 amide bonds. The van der Waals surface area contributed by atoms with E-state index >= 15 is 0 Å². The third-order valence-electron chi connectivity index (χ3n) is 8.26. The lowest BCUT2D eigenvalue weighted by Crippen LogP contribution is -2.61. The maximum atomic E-state index is 13.7. The van der Waals surface area contributed by atoms with Crippen molar-refractivity contribution in [1.29, 1.82) is 0 Å². The zero-order chi connectivity index (χ0) is 19.6. The Hall–Kier alpha value is -1.07. The standard InChI is InChI=1S/C24H31BrN2O2/c25-24-13-18-9-19(14-24)12-23(11-18,16-24)22(28)27-6-4-26(5-7-27)15-17-1-2-21-20(10-17)3-8-29-21/h1-2,10,18-19H,3-9,11-16H2. The van der Waals surface area contributed by atoms with Crippen molar-refractivity contribution in [2.45, 2.75) is 55.8 Å². The Morgan fingerprint density at radius 3 is 2.59 bits per heavy atom. The van der Waals surface area contributed by atoms with Gasteiger partial charge < -0.3 is 9.64 Å². The first-order valence-corrected chi connectivity index (χ1v) is 12.2. The van der Waals surface area contributed by atoms with Crippen molar-refractivity contribution in [3.63, 3.8) is 0 Å². The highest BCUT2D eigenvalue weighted by Crippen LogP contribution is 2.64. The summed E-state index contributed by atoms with van der Waals surface area (Å²) < 4.78 is 5.89. The Labute approximate surface area is 182 Å². The number of hydrogen-bond acceptors (Lipinski definition) is 3. The Balaban J connectivity index is 1.10. The molecule has 0 spiro atoms. The summed E-state index contributed by atoms with van der Waals surface area (Å²) in [4.78, 5) is 18.4. The number of alkyl halides is 1. The van der Waals surface area contributed by atoms with Crippen LogP contribution >= 0.6 is 15.9 Å². The summed E-state index contributed by atoms with van der Waals surface area (Å²) in [6, 6.07) is 6.64. The Kier molecular flexibility index (Phi) is 4.32. The number of piperazine rings is 1. The molecule has 4 saturated carbocycles. The number of benzene rings is 1. The van der Waals surface area contributed by atoms with E-state index in [1.165, 1.54) is 30.4 Å². The van der Waals surface area contributed by atoms with Gasteiger partial charge in [0.05, 0.1) is 12.0 Å². The lowest BCUT2D eigenvalue weighted by Gasteiger charge is -2.60. The minimum Gasteiger partial charge on any atom is -0.493 e. The van der Waals surface area contributed by atoms with E-state index in [1.807, 2.05) is 0 Å². The Morgan fingerprint density at radius 2 is 1.86 bits per heavy atom. The fourth-order valence-corrected chi connectivity index (χ4v) is 8.89. The summed E-state index contributed by atoms with van der Waals surface area (Å²) in [5.41, 5.74) is 2.66. The van der Waals surface area contributed by atoms with Crippen LogP contribution in [0.3, 0.4) is 0 Å². The van der Waals surface area contributed by atoms with E-state index in [9.17, 15) is 4.79 Å². The molecule has 29 heavy (non-hydrogen) atoms. The summed E-state index contributed by atoms with van der Waals surface area (Å²) in [7, 11) is 0. The van der Waals surface area contributed by atoms with Gasteiger partial charge in [-0.1, -0.05) is 28.1 Å². The largest absolute Gasteiger partial charge is 0.493 e. The summed E-state index contributed by atoms with van der Waals surface area (Å²) in [5.74, 6) is 3.07. The minimum absolute atomic E-state index is 0.0598. The second kappa shape index (κ2) is 6.71. The number of halogens is 1. The molecule has 5 fully saturated rings. The van der Waals surface area contributed by atoms with Crippen LogP contribution < -0.4 is 4.74 Å². The molecule has 1 saturated heterocycles. The lowest BCUT2D eigenvalue weighted by atomic mass is 9.49. The van der Waals surface area contributed by atoms with E-state index < -0.39 is 0 Å². The highest BCUT2D eigenvalue weighted by molar-refractivity contribution is 9.10. The third-order valence-corrected chi connectivity index (χ3v) is 9.19. The predicted molar refractivity (Wildman–Crippen MR) is 116 cm³/mol. The minimum atomic E-state index is -0.0598. The number of fused-ring (bicyclic) bond motifs is 1. The van der Waals surface area contributed by atoms with Crippen LogP contribution in [0.4, 0.5) is 0 Å². The van der Waals surface area contributed by atoms with E-state index in [1.54, 1.807) is 0 Å². The molecule has 0 radical (unpaired) electrons. The SMILES string of the molecule is O=C(N1CCN(Cc2ccc3c(c2)CCO3)CC1)C12CC3CC(CC(Br)(C3)C1)C2. The van der Waals surface area contributed by atoms with Crippen LogP contribution in [0, 0.1) is 17.3 Å². The molecule has 4 bridgehead atoms. The Bertz CT molecular complexity index is 818. The summed E-state index contributed by atoms with van der Waals surface area (Å²) in [6.45, 7) is 5.55. The van der Waals surface area contributed by atoms with Gasteiger partial charge in [0, 0.05) is 43.5 Å². The Morgan fingerprint density at radius 1 is 1.10 bits per heavy atom. The first kappa shape index (κ1) is 18.7. The van der Waals surface area contributed by atoms with Gasteiger partial charge in [-0.25, -0.2) is 0 Å². The molecule has 1 aromatic rings. The molecule has 4 nitrogen and oxygen atoms in total. The van der Waals surface area contributed by atoms with Crippen molar-refractivity contribution in [3.05, 3.63) is 29.3 Å². The van der Waals surface area contributed by atoms with Crippen LogP contribution in [-0.2, 0) is 17.8 Å².